The number of fused-ring (bicyclic) bond motifs is 1. The van der Waals surface area contributed by atoms with Crippen LogP contribution < -0.4 is 5.56 Å². The van der Waals surface area contributed by atoms with Crippen molar-refractivity contribution in [3.8, 4) is 0 Å². The number of nitrogens with zero attached hydrogens (tertiary/aromatic N) is 3. The predicted octanol–water partition coefficient (Wildman–Crippen LogP) is 3.10. The Kier molecular flexibility index (Phi) is 4.38. The molecule has 116 valence electrons. The maximum Gasteiger partial charge on any atom is 0.285 e. The van der Waals surface area contributed by atoms with E-state index in [1.54, 1.807) is 18.0 Å². The molecular weight excluding hydrogens is 314 g/mol. The molecule has 0 saturated carbocycles. The molecule has 0 bridgehead atoms. The fraction of sp³-hybridized carbons (Fsp3) is 0.125. The molecule has 0 aliphatic carbocycles. The van der Waals surface area contributed by atoms with E-state index >= 15 is 0 Å². The summed E-state index contributed by atoms with van der Waals surface area (Å²) in [7, 11) is 0. The third kappa shape index (κ3) is 3.40. The van der Waals surface area contributed by atoms with Crippen molar-refractivity contribution in [3.05, 3.63) is 75.3 Å². The first-order valence-electron chi connectivity index (χ1n) is 6.96. The standard InChI is InChI=1S/C16H13N3O3S/c20-16-6-5-12(19(21)22)11-18(16)9-10-23-15-7-8-17-14-4-2-1-3-13(14)15/h1-8,11H,9-10H2. The summed E-state index contributed by atoms with van der Waals surface area (Å²) in [5, 5.41) is 11.8. The Hall–Kier alpha value is -2.67. The topological polar surface area (TPSA) is 78.0 Å². The van der Waals surface area contributed by atoms with Crippen molar-refractivity contribution < 1.29 is 4.92 Å². The van der Waals surface area contributed by atoms with Gasteiger partial charge in [-0.05, 0) is 12.1 Å². The second-order valence-electron chi connectivity index (χ2n) is 4.85. The number of thioether (sulfide) groups is 1. The van der Waals surface area contributed by atoms with Crippen LogP contribution in [-0.2, 0) is 6.54 Å². The number of para-hydroxylation sites is 1. The number of pyridine rings is 2. The van der Waals surface area contributed by atoms with E-state index in [9.17, 15) is 14.9 Å². The SMILES string of the molecule is O=c1ccc([N+](=O)[O-])cn1CCSc1ccnc2ccccc12. The van der Waals surface area contributed by atoms with Crippen LogP contribution in [0, 0.1) is 10.1 Å². The fourth-order valence-corrected chi connectivity index (χ4v) is 3.24. The zero-order valence-electron chi connectivity index (χ0n) is 12.1. The van der Waals surface area contributed by atoms with Gasteiger partial charge in [-0.2, -0.15) is 0 Å². The lowest BCUT2D eigenvalue weighted by molar-refractivity contribution is -0.385. The second kappa shape index (κ2) is 6.62. The summed E-state index contributed by atoms with van der Waals surface area (Å²) < 4.78 is 1.37. The summed E-state index contributed by atoms with van der Waals surface area (Å²) in [5.74, 6) is 0.634. The van der Waals surface area contributed by atoms with Crippen LogP contribution in [0.1, 0.15) is 0 Å². The Morgan fingerprint density at radius 3 is 2.83 bits per heavy atom. The van der Waals surface area contributed by atoms with Gasteiger partial charge in [0.05, 0.1) is 16.6 Å². The van der Waals surface area contributed by atoms with Crippen molar-refractivity contribution in [1.82, 2.24) is 9.55 Å². The summed E-state index contributed by atoms with van der Waals surface area (Å²) in [6, 6.07) is 12.2. The van der Waals surface area contributed by atoms with Crippen molar-refractivity contribution in [1.29, 1.82) is 0 Å². The third-order valence-corrected chi connectivity index (χ3v) is 4.43. The highest BCUT2D eigenvalue weighted by atomic mass is 32.2. The fourth-order valence-electron chi connectivity index (χ4n) is 2.25. The minimum Gasteiger partial charge on any atom is -0.308 e. The highest BCUT2D eigenvalue weighted by Crippen LogP contribution is 2.26. The maximum atomic E-state index is 11.8. The van der Waals surface area contributed by atoms with Crippen molar-refractivity contribution in [2.24, 2.45) is 0 Å². The molecule has 0 fully saturated rings. The van der Waals surface area contributed by atoms with Crippen LogP contribution in [0.4, 0.5) is 5.69 Å². The van der Waals surface area contributed by atoms with E-state index in [2.05, 4.69) is 4.98 Å². The Morgan fingerprint density at radius 2 is 2.00 bits per heavy atom. The van der Waals surface area contributed by atoms with Crippen LogP contribution >= 0.6 is 11.8 Å². The summed E-state index contributed by atoms with van der Waals surface area (Å²) in [6.07, 6.45) is 3.04. The van der Waals surface area contributed by atoms with E-state index < -0.39 is 4.92 Å². The van der Waals surface area contributed by atoms with Gasteiger partial charge in [-0.25, -0.2) is 0 Å². The Morgan fingerprint density at radius 1 is 1.17 bits per heavy atom. The first-order valence-corrected chi connectivity index (χ1v) is 7.95. The molecular formula is C16H13N3O3S. The second-order valence-corrected chi connectivity index (χ2v) is 5.99. The lowest BCUT2D eigenvalue weighted by Gasteiger charge is -2.07. The maximum absolute atomic E-state index is 11.8. The highest BCUT2D eigenvalue weighted by molar-refractivity contribution is 7.99. The molecule has 0 radical (unpaired) electrons. The molecule has 23 heavy (non-hydrogen) atoms. The van der Waals surface area contributed by atoms with Gasteiger partial charge in [-0.3, -0.25) is 19.9 Å². The van der Waals surface area contributed by atoms with E-state index in [1.165, 1.54) is 22.9 Å². The number of aromatic nitrogens is 2. The number of benzene rings is 1. The van der Waals surface area contributed by atoms with Crippen LogP contribution in [-0.4, -0.2) is 20.2 Å². The van der Waals surface area contributed by atoms with Gasteiger partial charge in [-0.1, -0.05) is 18.2 Å². The van der Waals surface area contributed by atoms with E-state index in [1.807, 2.05) is 30.3 Å². The van der Waals surface area contributed by atoms with Crippen molar-refractivity contribution in [2.75, 3.05) is 5.75 Å². The van der Waals surface area contributed by atoms with Crippen molar-refractivity contribution in [2.45, 2.75) is 11.4 Å². The quantitative estimate of drug-likeness (QED) is 0.409. The van der Waals surface area contributed by atoms with E-state index in [4.69, 9.17) is 0 Å². The van der Waals surface area contributed by atoms with Crippen LogP contribution in [0.25, 0.3) is 10.9 Å². The first-order chi connectivity index (χ1) is 11.1. The molecule has 0 aliphatic heterocycles. The van der Waals surface area contributed by atoms with Gasteiger partial charge in [0.1, 0.15) is 0 Å². The highest BCUT2D eigenvalue weighted by Gasteiger charge is 2.08. The van der Waals surface area contributed by atoms with Gasteiger partial charge in [0, 0.05) is 40.9 Å². The van der Waals surface area contributed by atoms with Crippen LogP contribution in [0.2, 0.25) is 0 Å². The van der Waals surface area contributed by atoms with E-state index in [0.717, 1.165) is 15.8 Å². The van der Waals surface area contributed by atoms with Crippen LogP contribution in [0.3, 0.4) is 0 Å². The van der Waals surface area contributed by atoms with Crippen LogP contribution in [0.15, 0.2) is 64.5 Å². The molecule has 2 heterocycles. The monoisotopic (exact) mass is 327 g/mol. The summed E-state index contributed by atoms with van der Waals surface area (Å²) in [5.41, 5.74) is 0.602. The minimum absolute atomic E-state index is 0.0797. The molecule has 1 aromatic carbocycles. The summed E-state index contributed by atoms with van der Waals surface area (Å²) in [4.78, 5) is 27.4. The largest absolute Gasteiger partial charge is 0.308 e. The molecule has 0 amide bonds. The lowest BCUT2D eigenvalue weighted by Crippen LogP contribution is -2.19. The Bertz CT molecular complexity index is 918. The van der Waals surface area contributed by atoms with Gasteiger partial charge >= 0.3 is 0 Å². The van der Waals surface area contributed by atoms with Crippen molar-refractivity contribution >= 4 is 28.4 Å². The summed E-state index contributed by atoms with van der Waals surface area (Å²) in [6.45, 7) is 0.405. The third-order valence-electron chi connectivity index (χ3n) is 3.38. The van der Waals surface area contributed by atoms with Gasteiger partial charge in [0.2, 0.25) is 0 Å². The molecule has 0 aliphatic rings. The zero-order chi connectivity index (χ0) is 16.2. The molecule has 3 rings (SSSR count). The first kappa shape index (κ1) is 15.2. The zero-order valence-corrected chi connectivity index (χ0v) is 12.9. The molecule has 0 spiro atoms. The minimum atomic E-state index is -0.501. The number of nitro groups is 1. The Balaban J connectivity index is 1.75. The van der Waals surface area contributed by atoms with E-state index in [-0.39, 0.29) is 11.2 Å². The lowest BCUT2D eigenvalue weighted by atomic mass is 10.2. The average molecular weight is 327 g/mol. The summed E-state index contributed by atoms with van der Waals surface area (Å²) >= 11 is 1.60. The van der Waals surface area contributed by atoms with Gasteiger partial charge in [-0.15, -0.1) is 11.8 Å². The molecule has 2 aromatic heterocycles. The molecule has 6 nitrogen and oxygen atoms in total. The number of hydrogen-bond acceptors (Lipinski definition) is 5. The average Bonchev–Trinajstić information content (AvgIpc) is 2.56. The molecule has 0 atom stereocenters. The smallest absolute Gasteiger partial charge is 0.285 e. The molecule has 0 N–H and O–H groups in total. The number of rotatable bonds is 5. The Labute approximate surface area is 135 Å². The number of aryl methyl sites for hydroxylation is 1. The van der Waals surface area contributed by atoms with Gasteiger partial charge in [0.25, 0.3) is 11.2 Å². The molecule has 0 unspecified atom stereocenters. The normalized spacial score (nSPS) is 10.8. The van der Waals surface area contributed by atoms with E-state index in [0.29, 0.717) is 12.3 Å². The molecule has 0 saturated heterocycles. The van der Waals surface area contributed by atoms with Crippen molar-refractivity contribution in [3.63, 3.8) is 0 Å². The van der Waals surface area contributed by atoms with Crippen LogP contribution in [0.5, 0.6) is 0 Å². The van der Waals surface area contributed by atoms with Gasteiger partial charge < -0.3 is 4.57 Å². The molecule has 3 aromatic rings. The van der Waals surface area contributed by atoms with Gasteiger partial charge in [0.15, 0.2) is 0 Å². The molecule has 7 heteroatoms. The number of hydrogen-bond donors (Lipinski definition) is 0. The predicted molar refractivity (Wildman–Crippen MR) is 89.8 cm³/mol.